The molecular weight excluding hydrogens is 244 g/mol. The molecule has 1 fully saturated rings. The molecule has 4 heteroatoms. The minimum atomic E-state index is 0.224. The number of hydrogen-bond donors (Lipinski definition) is 1. The first kappa shape index (κ1) is 12.2. The van der Waals surface area contributed by atoms with Crippen molar-refractivity contribution >= 4 is 17.2 Å². The van der Waals surface area contributed by atoms with Crippen molar-refractivity contribution < 1.29 is 4.79 Å². The molecule has 2 N–H and O–H groups in total. The Balaban J connectivity index is 1.86. The molecule has 0 saturated carbocycles. The molecule has 2 aliphatic rings. The lowest BCUT2D eigenvalue weighted by atomic mass is 9.95. The van der Waals surface area contributed by atoms with Crippen LogP contribution in [0, 0.1) is 0 Å². The van der Waals surface area contributed by atoms with E-state index in [0.717, 1.165) is 37.8 Å². The molecule has 1 aliphatic heterocycles. The molecule has 98 valence electrons. The van der Waals surface area contributed by atoms with Gasteiger partial charge in [-0.15, -0.1) is 11.3 Å². The minimum absolute atomic E-state index is 0.224. The standard InChI is InChI=1S/C14H20N2OS/c15-8-10-4-3-7-16(10)14(17)12-9-18-13-6-2-1-5-11(12)13/h9-10H,1-8,15H2. The quantitative estimate of drug-likeness (QED) is 0.890. The highest BCUT2D eigenvalue weighted by molar-refractivity contribution is 7.10. The average molecular weight is 264 g/mol. The summed E-state index contributed by atoms with van der Waals surface area (Å²) < 4.78 is 0. The second-order valence-electron chi connectivity index (χ2n) is 5.29. The van der Waals surface area contributed by atoms with Crippen molar-refractivity contribution in [3.8, 4) is 0 Å². The van der Waals surface area contributed by atoms with Gasteiger partial charge >= 0.3 is 0 Å². The molecule has 1 amide bonds. The first-order valence-corrected chi connectivity index (χ1v) is 7.79. The number of nitrogens with zero attached hydrogens (tertiary/aromatic N) is 1. The van der Waals surface area contributed by atoms with Crippen LogP contribution in [-0.4, -0.2) is 29.9 Å². The number of carbonyl (C=O) groups is 1. The van der Waals surface area contributed by atoms with Crippen molar-refractivity contribution in [1.82, 2.24) is 4.90 Å². The fourth-order valence-corrected chi connectivity index (χ4v) is 4.30. The summed E-state index contributed by atoms with van der Waals surface area (Å²) in [4.78, 5) is 16.1. The van der Waals surface area contributed by atoms with E-state index < -0.39 is 0 Å². The monoisotopic (exact) mass is 264 g/mol. The van der Waals surface area contributed by atoms with Gasteiger partial charge in [0.05, 0.1) is 5.56 Å². The van der Waals surface area contributed by atoms with E-state index in [1.807, 2.05) is 4.90 Å². The van der Waals surface area contributed by atoms with E-state index in [-0.39, 0.29) is 11.9 Å². The van der Waals surface area contributed by atoms with Gasteiger partial charge in [-0.05, 0) is 44.1 Å². The van der Waals surface area contributed by atoms with Crippen LogP contribution in [0.1, 0.15) is 46.5 Å². The van der Waals surface area contributed by atoms with Gasteiger partial charge in [0, 0.05) is 29.4 Å². The molecular formula is C14H20N2OS. The number of thiophene rings is 1. The van der Waals surface area contributed by atoms with Crippen LogP contribution >= 0.6 is 11.3 Å². The third-order valence-electron chi connectivity index (χ3n) is 4.20. The number of fused-ring (bicyclic) bond motifs is 1. The first-order chi connectivity index (χ1) is 8.81. The maximum absolute atomic E-state index is 12.6. The normalized spacial score (nSPS) is 23.2. The van der Waals surface area contributed by atoms with Crippen LogP contribution < -0.4 is 5.73 Å². The van der Waals surface area contributed by atoms with Crippen molar-refractivity contribution in [3.05, 3.63) is 21.4 Å². The zero-order chi connectivity index (χ0) is 12.5. The van der Waals surface area contributed by atoms with Crippen LogP contribution in [0.25, 0.3) is 0 Å². The van der Waals surface area contributed by atoms with E-state index in [0.29, 0.717) is 6.54 Å². The molecule has 1 atom stereocenters. The Hall–Kier alpha value is -0.870. The van der Waals surface area contributed by atoms with Crippen LogP contribution in [0.3, 0.4) is 0 Å². The lowest BCUT2D eigenvalue weighted by molar-refractivity contribution is 0.0740. The van der Waals surface area contributed by atoms with Crippen LogP contribution in [-0.2, 0) is 12.8 Å². The molecule has 1 aliphatic carbocycles. The van der Waals surface area contributed by atoms with Gasteiger partial charge in [0.25, 0.3) is 5.91 Å². The van der Waals surface area contributed by atoms with E-state index in [1.54, 1.807) is 11.3 Å². The molecule has 0 spiro atoms. The summed E-state index contributed by atoms with van der Waals surface area (Å²) in [5.41, 5.74) is 8.06. The molecule has 3 rings (SSSR count). The minimum Gasteiger partial charge on any atom is -0.334 e. The van der Waals surface area contributed by atoms with Gasteiger partial charge in [0.2, 0.25) is 0 Å². The predicted molar refractivity (Wildman–Crippen MR) is 74.1 cm³/mol. The summed E-state index contributed by atoms with van der Waals surface area (Å²) >= 11 is 1.77. The average Bonchev–Trinajstić information content (AvgIpc) is 3.04. The van der Waals surface area contributed by atoms with Crippen molar-refractivity contribution in [2.45, 2.75) is 44.6 Å². The maximum atomic E-state index is 12.6. The summed E-state index contributed by atoms with van der Waals surface area (Å²) in [5, 5.41) is 2.07. The highest BCUT2D eigenvalue weighted by atomic mass is 32.1. The van der Waals surface area contributed by atoms with E-state index in [4.69, 9.17) is 5.73 Å². The van der Waals surface area contributed by atoms with E-state index in [1.165, 1.54) is 23.3 Å². The number of nitrogens with two attached hydrogens (primary N) is 1. The predicted octanol–water partition coefficient (Wildman–Crippen LogP) is 2.19. The van der Waals surface area contributed by atoms with Crippen molar-refractivity contribution in [2.75, 3.05) is 13.1 Å². The van der Waals surface area contributed by atoms with Crippen molar-refractivity contribution in [3.63, 3.8) is 0 Å². The Labute approximate surface area is 112 Å². The number of carbonyl (C=O) groups excluding carboxylic acids is 1. The highest BCUT2D eigenvalue weighted by Gasteiger charge is 2.31. The zero-order valence-electron chi connectivity index (χ0n) is 10.7. The van der Waals surface area contributed by atoms with Crippen LogP contribution in [0.2, 0.25) is 0 Å². The molecule has 1 aromatic rings. The Morgan fingerprint density at radius 3 is 3.06 bits per heavy atom. The molecule has 0 bridgehead atoms. The Kier molecular flexibility index (Phi) is 3.39. The summed E-state index contributed by atoms with van der Waals surface area (Å²) in [6.07, 6.45) is 6.91. The van der Waals surface area contributed by atoms with E-state index in [2.05, 4.69) is 5.38 Å². The zero-order valence-corrected chi connectivity index (χ0v) is 11.5. The first-order valence-electron chi connectivity index (χ1n) is 6.91. The Morgan fingerprint density at radius 2 is 2.22 bits per heavy atom. The number of amides is 1. The fourth-order valence-electron chi connectivity index (χ4n) is 3.18. The van der Waals surface area contributed by atoms with Gasteiger partial charge in [0.15, 0.2) is 0 Å². The van der Waals surface area contributed by atoms with Crippen molar-refractivity contribution in [1.29, 1.82) is 0 Å². The smallest absolute Gasteiger partial charge is 0.255 e. The van der Waals surface area contributed by atoms with Crippen LogP contribution in [0.4, 0.5) is 0 Å². The number of hydrogen-bond acceptors (Lipinski definition) is 3. The molecule has 1 aromatic heterocycles. The molecule has 1 saturated heterocycles. The molecule has 1 unspecified atom stereocenters. The summed E-state index contributed by atoms with van der Waals surface area (Å²) in [7, 11) is 0. The lowest BCUT2D eigenvalue weighted by Gasteiger charge is -2.24. The summed E-state index contributed by atoms with van der Waals surface area (Å²) in [6, 6.07) is 0.261. The Bertz CT molecular complexity index is 455. The summed E-state index contributed by atoms with van der Waals surface area (Å²) in [5.74, 6) is 0.224. The van der Waals surface area contributed by atoms with Gasteiger partial charge in [0.1, 0.15) is 0 Å². The fraction of sp³-hybridized carbons (Fsp3) is 0.643. The molecule has 0 radical (unpaired) electrons. The number of rotatable bonds is 2. The van der Waals surface area contributed by atoms with E-state index >= 15 is 0 Å². The van der Waals surface area contributed by atoms with E-state index in [9.17, 15) is 4.79 Å². The largest absolute Gasteiger partial charge is 0.334 e. The van der Waals surface area contributed by atoms with Crippen LogP contribution in [0.5, 0.6) is 0 Å². The number of likely N-dealkylation sites (tertiary alicyclic amines) is 1. The van der Waals surface area contributed by atoms with Gasteiger partial charge in [-0.25, -0.2) is 0 Å². The molecule has 18 heavy (non-hydrogen) atoms. The van der Waals surface area contributed by atoms with Gasteiger partial charge in [-0.1, -0.05) is 0 Å². The molecule has 0 aromatic carbocycles. The topological polar surface area (TPSA) is 46.3 Å². The van der Waals surface area contributed by atoms with Gasteiger partial charge in [-0.3, -0.25) is 4.79 Å². The summed E-state index contributed by atoms with van der Waals surface area (Å²) in [6.45, 7) is 1.48. The second kappa shape index (κ2) is 5.02. The van der Waals surface area contributed by atoms with Gasteiger partial charge < -0.3 is 10.6 Å². The second-order valence-corrected chi connectivity index (χ2v) is 6.25. The number of aryl methyl sites for hydroxylation is 1. The molecule has 2 heterocycles. The van der Waals surface area contributed by atoms with Crippen molar-refractivity contribution in [2.24, 2.45) is 5.73 Å². The highest BCUT2D eigenvalue weighted by Crippen LogP contribution is 2.32. The third kappa shape index (κ3) is 1.97. The van der Waals surface area contributed by atoms with Crippen LogP contribution in [0.15, 0.2) is 5.38 Å². The lowest BCUT2D eigenvalue weighted by Crippen LogP contribution is -2.40. The SMILES string of the molecule is NCC1CCCN1C(=O)c1csc2c1CCCC2. The van der Waals surface area contributed by atoms with Gasteiger partial charge in [-0.2, -0.15) is 0 Å². The Morgan fingerprint density at radius 1 is 1.39 bits per heavy atom. The maximum Gasteiger partial charge on any atom is 0.255 e. The molecule has 3 nitrogen and oxygen atoms in total. The third-order valence-corrected chi connectivity index (χ3v) is 5.29.